The van der Waals surface area contributed by atoms with Crippen molar-refractivity contribution in [3.8, 4) is 11.5 Å². The zero-order valence-electron chi connectivity index (χ0n) is 15.9. The van der Waals surface area contributed by atoms with Gasteiger partial charge in [-0.1, -0.05) is 6.07 Å². The van der Waals surface area contributed by atoms with Crippen LogP contribution >= 0.6 is 0 Å². The summed E-state index contributed by atoms with van der Waals surface area (Å²) in [7, 11) is -1.05. The molecule has 2 aliphatic heterocycles. The highest BCUT2D eigenvalue weighted by Crippen LogP contribution is 2.37. The molecule has 29 heavy (non-hydrogen) atoms. The minimum Gasteiger partial charge on any atom is -0.535 e. The second-order valence-electron chi connectivity index (χ2n) is 7.35. The maximum atomic E-state index is 12.2. The van der Waals surface area contributed by atoms with Gasteiger partial charge < -0.3 is 35.9 Å². The number of carboxylic acid groups (broad SMARTS) is 1. The summed E-state index contributed by atoms with van der Waals surface area (Å²) >= 11 is 0. The SMILES string of the molecule is NC(=O)CCC(N)CC(=O)N1CC(Oc2ccc3c(c2C(=O)O)OB(O)CC3)C1. The Hall–Kier alpha value is -2.79. The molecule has 1 aromatic rings. The number of carboxylic acids is 1. The van der Waals surface area contributed by atoms with Crippen LogP contribution in [0.5, 0.6) is 11.5 Å². The third kappa shape index (κ3) is 4.98. The van der Waals surface area contributed by atoms with Crippen molar-refractivity contribution >= 4 is 24.9 Å². The number of aromatic carboxylic acids is 1. The molecule has 2 heterocycles. The first-order valence-electron chi connectivity index (χ1n) is 9.46. The van der Waals surface area contributed by atoms with Gasteiger partial charge >= 0.3 is 13.1 Å². The van der Waals surface area contributed by atoms with Crippen LogP contribution in [0.3, 0.4) is 0 Å². The number of hydrogen-bond donors (Lipinski definition) is 4. The number of benzene rings is 1. The molecule has 0 aromatic heterocycles. The summed E-state index contributed by atoms with van der Waals surface area (Å²) in [5.74, 6) is -1.56. The molecule has 0 bridgehead atoms. The van der Waals surface area contributed by atoms with Crippen LogP contribution in [-0.4, -0.2) is 65.2 Å². The van der Waals surface area contributed by atoms with Crippen molar-refractivity contribution < 1.29 is 33.9 Å². The minimum absolute atomic E-state index is 0.102. The van der Waals surface area contributed by atoms with Gasteiger partial charge in [0.1, 0.15) is 23.2 Å². The first-order valence-corrected chi connectivity index (χ1v) is 9.46. The van der Waals surface area contributed by atoms with Crippen LogP contribution in [0.4, 0.5) is 0 Å². The quantitative estimate of drug-likeness (QED) is 0.415. The van der Waals surface area contributed by atoms with Crippen LogP contribution in [0.2, 0.25) is 6.32 Å². The van der Waals surface area contributed by atoms with E-state index >= 15 is 0 Å². The lowest BCUT2D eigenvalue weighted by atomic mass is 9.78. The third-order valence-corrected chi connectivity index (χ3v) is 5.02. The Balaban J connectivity index is 1.57. The highest BCUT2D eigenvalue weighted by Gasteiger charge is 2.35. The number of carbonyl (C=O) groups excluding carboxylic acids is 2. The van der Waals surface area contributed by atoms with Crippen molar-refractivity contribution in [2.45, 2.75) is 44.1 Å². The molecule has 1 atom stereocenters. The van der Waals surface area contributed by atoms with Gasteiger partial charge in [-0.05, 0) is 30.8 Å². The van der Waals surface area contributed by atoms with Crippen molar-refractivity contribution in [2.75, 3.05) is 13.1 Å². The lowest BCUT2D eigenvalue weighted by molar-refractivity contribution is -0.140. The molecule has 0 aliphatic carbocycles. The van der Waals surface area contributed by atoms with Crippen molar-refractivity contribution in [3.63, 3.8) is 0 Å². The number of nitrogens with two attached hydrogens (primary N) is 2. The van der Waals surface area contributed by atoms with Gasteiger partial charge in [-0.2, -0.15) is 0 Å². The second-order valence-corrected chi connectivity index (χ2v) is 7.35. The molecule has 10 nitrogen and oxygen atoms in total. The average molecular weight is 405 g/mol. The van der Waals surface area contributed by atoms with Gasteiger partial charge in [-0.25, -0.2) is 4.79 Å². The number of amides is 2. The molecule has 1 unspecified atom stereocenters. The number of fused-ring (bicyclic) bond motifs is 1. The topological polar surface area (TPSA) is 165 Å². The predicted octanol–water partition coefficient (Wildman–Crippen LogP) is -0.627. The van der Waals surface area contributed by atoms with E-state index in [-0.39, 0.29) is 41.9 Å². The number of hydrogen-bond acceptors (Lipinski definition) is 7. The summed E-state index contributed by atoms with van der Waals surface area (Å²) in [5, 5.41) is 19.3. The molecule has 0 saturated carbocycles. The largest absolute Gasteiger partial charge is 0.535 e. The molecule has 11 heteroatoms. The predicted molar refractivity (Wildman–Crippen MR) is 103 cm³/mol. The Morgan fingerprint density at radius 2 is 2.07 bits per heavy atom. The number of primary amides is 1. The molecule has 1 fully saturated rings. The van der Waals surface area contributed by atoms with Gasteiger partial charge in [0.2, 0.25) is 11.8 Å². The number of carbonyl (C=O) groups is 3. The van der Waals surface area contributed by atoms with Crippen LogP contribution in [0.25, 0.3) is 0 Å². The summed E-state index contributed by atoms with van der Waals surface area (Å²) < 4.78 is 11.1. The number of rotatable bonds is 8. The maximum Gasteiger partial charge on any atom is 0.522 e. The number of likely N-dealkylation sites (tertiary alicyclic amines) is 1. The summed E-state index contributed by atoms with van der Waals surface area (Å²) in [6.45, 7) is 0.613. The van der Waals surface area contributed by atoms with E-state index in [4.69, 9.17) is 20.9 Å². The summed E-state index contributed by atoms with van der Waals surface area (Å²) in [6.07, 6.45) is 1.13. The van der Waals surface area contributed by atoms with Crippen LogP contribution in [0, 0.1) is 0 Å². The van der Waals surface area contributed by atoms with E-state index in [1.54, 1.807) is 17.0 Å². The van der Waals surface area contributed by atoms with E-state index in [2.05, 4.69) is 0 Å². The molecule has 1 aromatic carbocycles. The van der Waals surface area contributed by atoms with E-state index in [0.29, 0.717) is 37.8 Å². The Bertz CT molecular complexity index is 813. The van der Waals surface area contributed by atoms with E-state index in [9.17, 15) is 24.5 Å². The minimum atomic E-state index is -1.21. The van der Waals surface area contributed by atoms with Gasteiger partial charge in [0.15, 0.2) is 0 Å². The highest BCUT2D eigenvalue weighted by atomic mass is 16.5. The maximum absolute atomic E-state index is 12.2. The van der Waals surface area contributed by atoms with E-state index < -0.39 is 25.0 Å². The number of aryl methyl sites for hydroxylation is 1. The van der Waals surface area contributed by atoms with Crippen molar-refractivity contribution in [1.82, 2.24) is 4.90 Å². The molecular weight excluding hydrogens is 381 g/mol. The van der Waals surface area contributed by atoms with E-state index in [1.807, 2.05) is 0 Å². The van der Waals surface area contributed by atoms with Crippen LogP contribution in [-0.2, 0) is 16.0 Å². The summed E-state index contributed by atoms with van der Waals surface area (Å²) in [4.78, 5) is 36.3. The first kappa shape index (κ1) is 20.9. The summed E-state index contributed by atoms with van der Waals surface area (Å²) in [6, 6.07) is 2.86. The Morgan fingerprint density at radius 1 is 1.34 bits per heavy atom. The molecule has 3 rings (SSSR count). The van der Waals surface area contributed by atoms with E-state index in [0.717, 1.165) is 0 Å². The molecular formula is C18H24BN3O7. The Kier molecular flexibility index (Phi) is 6.28. The highest BCUT2D eigenvalue weighted by molar-refractivity contribution is 6.44. The van der Waals surface area contributed by atoms with Crippen molar-refractivity contribution in [2.24, 2.45) is 11.5 Å². The Morgan fingerprint density at radius 3 is 2.72 bits per heavy atom. The molecule has 156 valence electrons. The lowest BCUT2D eigenvalue weighted by Crippen LogP contribution is -2.57. The van der Waals surface area contributed by atoms with Gasteiger partial charge in [0.25, 0.3) is 0 Å². The molecule has 0 spiro atoms. The Labute approximate surface area is 167 Å². The van der Waals surface area contributed by atoms with Gasteiger partial charge in [0, 0.05) is 18.9 Å². The second kappa shape index (κ2) is 8.70. The fourth-order valence-corrected chi connectivity index (χ4v) is 3.39. The monoisotopic (exact) mass is 405 g/mol. The third-order valence-electron chi connectivity index (χ3n) is 5.02. The number of ether oxygens (including phenoxy) is 1. The van der Waals surface area contributed by atoms with Crippen LogP contribution in [0.15, 0.2) is 12.1 Å². The molecule has 6 N–H and O–H groups in total. The number of nitrogens with zero attached hydrogens (tertiary/aromatic N) is 1. The van der Waals surface area contributed by atoms with Crippen molar-refractivity contribution in [1.29, 1.82) is 0 Å². The lowest BCUT2D eigenvalue weighted by Gasteiger charge is -2.39. The molecule has 0 radical (unpaired) electrons. The van der Waals surface area contributed by atoms with Gasteiger partial charge in [-0.15, -0.1) is 0 Å². The van der Waals surface area contributed by atoms with E-state index in [1.165, 1.54) is 0 Å². The van der Waals surface area contributed by atoms with Crippen molar-refractivity contribution in [3.05, 3.63) is 23.3 Å². The molecule has 2 aliphatic rings. The van der Waals surface area contributed by atoms with Crippen LogP contribution < -0.4 is 20.9 Å². The smallest absolute Gasteiger partial charge is 0.522 e. The van der Waals surface area contributed by atoms with Gasteiger partial charge in [-0.3, -0.25) is 9.59 Å². The zero-order valence-corrected chi connectivity index (χ0v) is 15.9. The fourth-order valence-electron chi connectivity index (χ4n) is 3.39. The first-order chi connectivity index (χ1) is 13.7. The summed E-state index contributed by atoms with van der Waals surface area (Å²) in [5.41, 5.74) is 11.5. The zero-order chi connectivity index (χ0) is 21.1. The van der Waals surface area contributed by atoms with Gasteiger partial charge in [0.05, 0.1) is 13.1 Å². The fraction of sp³-hybridized carbons (Fsp3) is 0.500. The normalized spacial score (nSPS) is 17.0. The average Bonchev–Trinajstić information content (AvgIpc) is 2.61. The standard InChI is InChI=1S/C18H24BN3O7/c20-11(2-4-14(21)23)7-15(24)22-8-12(9-22)28-13-3-1-10-5-6-19(27)29-17(10)16(13)18(25)26/h1,3,11-12,27H,2,4-9,20H2,(H2,21,23)(H,25,26). The molecule has 1 saturated heterocycles. The van der Waals surface area contributed by atoms with Crippen LogP contribution in [0.1, 0.15) is 35.2 Å². The molecule has 2 amide bonds.